The van der Waals surface area contributed by atoms with Gasteiger partial charge in [-0.3, -0.25) is 14.9 Å². The second-order valence-corrected chi connectivity index (χ2v) is 3.11. The molecule has 0 aliphatic heterocycles. The number of nitro groups is 1. The standard InChI is InChI=1S/C10H9NO4/c1-7(5-12)10-3-2-9(11(14)15)4-8(10)6-13/h2-7H,1H3. The second-order valence-electron chi connectivity index (χ2n) is 3.11. The Morgan fingerprint density at radius 1 is 1.40 bits per heavy atom. The van der Waals surface area contributed by atoms with Crippen molar-refractivity contribution in [2.45, 2.75) is 12.8 Å². The van der Waals surface area contributed by atoms with E-state index < -0.39 is 10.8 Å². The van der Waals surface area contributed by atoms with Crippen molar-refractivity contribution in [2.75, 3.05) is 0 Å². The summed E-state index contributed by atoms with van der Waals surface area (Å²) in [6, 6.07) is 3.88. The minimum absolute atomic E-state index is 0.154. The largest absolute Gasteiger partial charge is 0.303 e. The van der Waals surface area contributed by atoms with Crippen molar-refractivity contribution in [2.24, 2.45) is 0 Å². The van der Waals surface area contributed by atoms with Crippen LogP contribution in [0.4, 0.5) is 5.69 Å². The number of nitrogens with zero attached hydrogens (tertiary/aromatic N) is 1. The van der Waals surface area contributed by atoms with Gasteiger partial charge in [0.15, 0.2) is 6.29 Å². The number of carbonyl (C=O) groups is 2. The summed E-state index contributed by atoms with van der Waals surface area (Å²) < 4.78 is 0. The number of rotatable bonds is 4. The summed E-state index contributed by atoms with van der Waals surface area (Å²) in [5.74, 6) is -0.439. The van der Waals surface area contributed by atoms with E-state index in [9.17, 15) is 19.7 Å². The molecule has 0 saturated heterocycles. The predicted molar refractivity (Wildman–Crippen MR) is 53.0 cm³/mol. The maximum absolute atomic E-state index is 10.7. The van der Waals surface area contributed by atoms with Gasteiger partial charge in [-0.25, -0.2) is 0 Å². The molecule has 0 aliphatic rings. The third kappa shape index (κ3) is 2.25. The van der Waals surface area contributed by atoms with E-state index in [4.69, 9.17) is 0 Å². The van der Waals surface area contributed by atoms with Gasteiger partial charge >= 0.3 is 0 Å². The van der Waals surface area contributed by atoms with Crippen molar-refractivity contribution in [1.82, 2.24) is 0 Å². The van der Waals surface area contributed by atoms with Crippen molar-refractivity contribution in [3.05, 3.63) is 39.4 Å². The van der Waals surface area contributed by atoms with Gasteiger partial charge < -0.3 is 4.79 Å². The Morgan fingerprint density at radius 3 is 2.53 bits per heavy atom. The number of nitro benzene ring substituents is 1. The summed E-state index contributed by atoms with van der Waals surface area (Å²) >= 11 is 0. The fourth-order valence-corrected chi connectivity index (χ4v) is 1.27. The molecule has 0 fully saturated rings. The highest BCUT2D eigenvalue weighted by Crippen LogP contribution is 2.22. The Bertz CT molecular complexity index is 414. The van der Waals surface area contributed by atoms with Crippen molar-refractivity contribution < 1.29 is 14.5 Å². The Kier molecular flexibility index (Phi) is 3.28. The number of aldehydes is 2. The summed E-state index contributed by atoms with van der Waals surface area (Å²) in [5, 5.41) is 10.4. The number of hydrogen-bond donors (Lipinski definition) is 0. The molecule has 5 nitrogen and oxygen atoms in total. The van der Waals surface area contributed by atoms with Crippen molar-refractivity contribution in [3.8, 4) is 0 Å². The molecule has 1 atom stereocenters. The van der Waals surface area contributed by atoms with Crippen LogP contribution in [0.2, 0.25) is 0 Å². The first-order valence-electron chi connectivity index (χ1n) is 4.29. The van der Waals surface area contributed by atoms with Crippen LogP contribution in [0.1, 0.15) is 28.8 Å². The lowest BCUT2D eigenvalue weighted by molar-refractivity contribution is -0.384. The summed E-state index contributed by atoms with van der Waals surface area (Å²) in [6.07, 6.45) is 1.20. The van der Waals surface area contributed by atoms with E-state index in [-0.39, 0.29) is 11.3 Å². The van der Waals surface area contributed by atoms with Crippen LogP contribution in [-0.4, -0.2) is 17.5 Å². The molecule has 0 amide bonds. The van der Waals surface area contributed by atoms with Crippen molar-refractivity contribution >= 4 is 18.3 Å². The maximum Gasteiger partial charge on any atom is 0.270 e. The highest BCUT2D eigenvalue weighted by molar-refractivity contribution is 5.81. The van der Waals surface area contributed by atoms with Gasteiger partial charge in [0.25, 0.3) is 5.69 Å². The Balaban J connectivity index is 3.26. The van der Waals surface area contributed by atoms with E-state index in [2.05, 4.69) is 0 Å². The number of benzene rings is 1. The molecule has 1 rings (SSSR count). The molecule has 0 heterocycles. The molecule has 0 radical (unpaired) electrons. The Hall–Kier alpha value is -2.04. The SMILES string of the molecule is CC(C=O)c1ccc([N+](=O)[O-])cc1C=O. The highest BCUT2D eigenvalue weighted by Gasteiger charge is 2.14. The van der Waals surface area contributed by atoms with Crippen LogP contribution < -0.4 is 0 Å². The van der Waals surface area contributed by atoms with Gasteiger partial charge in [0.1, 0.15) is 6.29 Å². The molecule has 0 aliphatic carbocycles. The predicted octanol–water partition coefficient (Wildman–Crippen LogP) is 1.71. The van der Waals surface area contributed by atoms with Crippen LogP contribution in [0, 0.1) is 10.1 Å². The molecule has 0 saturated carbocycles. The van der Waals surface area contributed by atoms with Crippen LogP contribution in [0.3, 0.4) is 0 Å². The first-order valence-corrected chi connectivity index (χ1v) is 4.29. The van der Waals surface area contributed by atoms with Gasteiger partial charge in [0, 0.05) is 23.6 Å². The van der Waals surface area contributed by atoms with Gasteiger partial charge in [0.2, 0.25) is 0 Å². The highest BCUT2D eigenvalue weighted by atomic mass is 16.6. The molecule has 78 valence electrons. The van der Waals surface area contributed by atoms with Crippen LogP contribution in [-0.2, 0) is 4.79 Å². The molecule has 1 aromatic rings. The molecule has 0 bridgehead atoms. The molecule has 0 spiro atoms. The maximum atomic E-state index is 10.7. The molecule has 0 aromatic heterocycles. The zero-order chi connectivity index (χ0) is 11.4. The van der Waals surface area contributed by atoms with Gasteiger partial charge in [-0.1, -0.05) is 13.0 Å². The minimum atomic E-state index is -0.581. The lowest BCUT2D eigenvalue weighted by atomic mass is 9.97. The van der Waals surface area contributed by atoms with Crippen molar-refractivity contribution in [3.63, 3.8) is 0 Å². The van der Waals surface area contributed by atoms with Crippen LogP contribution in [0.5, 0.6) is 0 Å². The Morgan fingerprint density at radius 2 is 2.07 bits per heavy atom. The Labute approximate surface area is 85.9 Å². The quantitative estimate of drug-likeness (QED) is 0.427. The van der Waals surface area contributed by atoms with Crippen molar-refractivity contribution in [1.29, 1.82) is 0 Å². The van der Waals surface area contributed by atoms with Gasteiger partial charge in [-0.15, -0.1) is 0 Å². The van der Waals surface area contributed by atoms with Crippen LogP contribution >= 0.6 is 0 Å². The van der Waals surface area contributed by atoms with E-state index in [0.29, 0.717) is 18.1 Å². The van der Waals surface area contributed by atoms with E-state index in [1.807, 2.05) is 0 Å². The van der Waals surface area contributed by atoms with E-state index in [1.165, 1.54) is 18.2 Å². The fraction of sp³-hybridized carbons (Fsp3) is 0.200. The van der Waals surface area contributed by atoms with E-state index >= 15 is 0 Å². The number of non-ortho nitro benzene ring substituents is 1. The molecule has 1 aromatic carbocycles. The number of carbonyl (C=O) groups excluding carboxylic acids is 2. The first-order chi connectivity index (χ1) is 7.10. The normalized spacial score (nSPS) is 11.8. The lowest BCUT2D eigenvalue weighted by Gasteiger charge is -2.06. The smallest absolute Gasteiger partial charge is 0.270 e. The zero-order valence-electron chi connectivity index (χ0n) is 8.04. The van der Waals surface area contributed by atoms with E-state index in [1.54, 1.807) is 6.92 Å². The first kappa shape index (κ1) is 11.0. The average molecular weight is 207 g/mol. The molecule has 5 heteroatoms. The summed E-state index contributed by atoms with van der Waals surface area (Å²) in [7, 11) is 0. The third-order valence-corrected chi connectivity index (χ3v) is 2.10. The van der Waals surface area contributed by atoms with Gasteiger partial charge in [0.05, 0.1) is 4.92 Å². The van der Waals surface area contributed by atoms with Gasteiger partial charge in [-0.05, 0) is 5.56 Å². The second kappa shape index (κ2) is 4.45. The monoisotopic (exact) mass is 207 g/mol. The summed E-state index contributed by atoms with van der Waals surface area (Å²) in [5.41, 5.74) is 0.536. The third-order valence-electron chi connectivity index (χ3n) is 2.10. The molecular formula is C10H9NO4. The molecule has 0 N–H and O–H groups in total. The van der Waals surface area contributed by atoms with Crippen LogP contribution in [0.15, 0.2) is 18.2 Å². The minimum Gasteiger partial charge on any atom is -0.303 e. The summed E-state index contributed by atoms with van der Waals surface area (Å²) in [4.78, 5) is 31.1. The summed E-state index contributed by atoms with van der Waals surface area (Å²) in [6.45, 7) is 1.63. The fourth-order valence-electron chi connectivity index (χ4n) is 1.27. The number of hydrogen-bond acceptors (Lipinski definition) is 4. The zero-order valence-corrected chi connectivity index (χ0v) is 8.04. The average Bonchev–Trinajstić information content (AvgIpc) is 2.27. The van der Waals surface area contributed by atoms with E-state index in [0.717, 1.165) is 0 Å². The molecular weight excluding hydrogens is 198 g/mol. The lowest BCUT2D eigenvalue weighted by Crippen LogP contribution is -2.01. The topological polar surface area (TPSA) is 77.3 Å². The molecule has 15 heavy (non-hydrogen) atoms. The van der Waals surface area contributed by atoms with Crippen LogP contribution in [0.25, 0.3) is 0 Å². The molecule has 1 unspecified atom stereocenters. The van der Waals surface area contributed by atoms with Gasteiger partial charge in [-0.2, -0.15) is 0 Å².